The van der Waals surface area contributed by atoms with Gasteiger partial charge in [-0.05, 0) is 36.6 Å². The van der Waals surface area contributed by atoms with Crippen molar-refractivity contribution >= 4 is 18.0 Å². The number of amides is 1. The molecule has 0 radical (unpaired) electrons. The Morgan fingerprint density at radius 1 is 1.13 bits per heavy atom. The zero-order valence-electron chi connectivity index (χ0n) is 17.0. The summed E-state index contributed by atoms with van der Waals surface area (Å²) < 4.78 is 5.95. The number of rotatable bonds is 6. The smallest absolute Gasteiger partial charge is 0.265 e. The van der Waals surface area contributed by atoms with E-state index in [0.29, 0.717) is 25.3 Å². The average Bonchev–Trinajstić information content (AvgIpc) is 3.05. The molecule has 3 aliphatic rings. The summed E-state index contributed by atoms with van der Waals surface area (Å²) in [5, 5.41) is 0. The zero-order chi connectivity index (χ0) is 21.4. The molecule has 2 heterocycles. The number of nitrogens with zero attached hydrogens (tertiary/aromatic N) is 3. The fraction of sp³-hybridized carbons (Fsp3) is 0.208. The van der Waals surface area contributed by atoms with Gasteiger partial charge in [0.1, 0.15) is 24.3 Å². The van der Waals surface area contributed by atoms with Crippen LogP contribution in [0.4, 0.5) is 0 Å². The SMILES string of the molecule is NC(=O)C1CC(C2=C3C=NC=C[N+]3(N)C(c3cccc(OCc4ccccc4)c3)=N2)C1. The van der Waals surface area contributed by atoms with E-state index < -0.39 is 0 Å². The van der Waals surface area contributed by atoms with E-state index in [1.54, 1.807) is 12.4 Å². The molecule has 0 spiro atoms. The molecule has 1 aliphatic carbocycles. The van der Waals surface area contributed by atoms with Gasteiger partial charge in [0.2, 0.25) is 11.6 Å². The van der Waals surface area contributed by atoms with Gasteiger partial charge in [-0.3, -0.25) is 9.79 Å². The van der Waals surface area contributed by atoms with Crippen molar-refractivity contribution < 1.29 is 14.1 Å². The largest absolute Gasteiger partial charge is 0.489 e. The number of aliphatic imine (C=N–C) groups is 2. The van der Waals surface area contributed by atoms with Gasteiger partial charge in [0.25, 0.3) is 5.84 Å². The van der Waals surface area contributed by atoms with Crippen LogP contribution in [0.15, 0.2) is 88.4 Å². The summed E-state index contributed by atoms with van der Waals surface area (Å²) >= 11 is 0. The summed E-state index contributed by atoms with van der Waals surface area (Å²) in [5.41, 5.74) is 9.15. The van der Waals surface area contributed by atoms with Crippen molar-refractivity contribution in [1.29, 1.82) is 0 Å². The Labute approximate surface area is 180 Å². The van der Waals surface area contributed by atoms with Gasteiger partial charge in [-0.15, -0.1) is 4.59 Å². The maximum absolute atomic E-state index is 11.5. The highest BCUT2D eigenvalue weighted by Gasteiger charge is 2.48. The lowest BCUT2D eigenvalue weighted by molar-refractivity contribution is -0.750. The van der Waals surface area contributed by atoms with Crippen molar-refractivity contribution in [2.45, 2.75) is 19.4 Å². The fourth-order valence-corrected chi connectivity index (χ4v) is 4.25. The van der Waals surface area contributed by atoms with Gasteiger partial charge < -0.3 is 10.5 Å². The molecular weight excluding hydrogens is 390 g/mol. The minimum absolute atomic E-state index is 0.0429. The van der Waals surface area contributed by atoms with Gasteiger partial charge in [-0.2, -0.15) is 10.8 Å². The van der Waals surface area contributed by atoms with Gasteiger partial charge in [-0.25, -0.2) is 0 Å². The number of quaternary nitrogens is 1. The molecule has 1 saturated carbocycles. The molecule has 5 rings (SSSR count). The molecule has 1 fully saturated rings. The van der Waals surface area contributed by atoms with Crippen LogP contribution in [0.25, 0.3) is 0 Å². The Balaban J connectivity index is 1.42. The van der Waals surface area contributed by atoms with E-state index in [4.69, 9.17) is 21.3 Å². The number of hydrogen-bond donors (Lipinski definition) is 2. The van der Waals surface area contributed by atoms with Crippen molar-refractivity contribution in [1.82, 2.24) is 0 Å². The number of allylic oxidation sites excluding steroid dienone is 2. The molecule has 31 heavy (non-hydrogen) atoms. The quantitative estimate of drug-likeness (QED) is 0.561. The van der Waals surface area contributed by atoms with Crippen LogP contribution in [0, 0.1) is 11.8 Å². The number of benzene rings is 2. The van der Waals surface area contributed by atoms with E-state index in [9.17, 15) is 4.79 Å². The minimum atomic E-state index is -0.252. The van der Waals surface area contributed by atoms with Gasteiger partial charge in [0.15, 0.2) is 0 Å². The molecule has 2 aromatic rings. The van der Waals surface area contributed by atoms with E-state index in [2.05, 4.69) is 4.99 Å². The highest BCUT2D eigenvalue weighted by atomic mass is 16.5. The second-order valence-electron chi connectivity index (χ2n) is 8.13. The summed E-state index contributed by atoms with van der Waals surface area (Å²) in [6.07, 6.45) is 6.66. The van der Waals surface area contributed by atoms with Crippen molar-refractivity contribution in [2.75, 3.05) is 0 Å². The van der Waals surface area contributed by atoms with Crippen molar-refractivity contribution in [3.8, 4) is 5.75 Å². The third-order valence-corrected chi connectivity index (χ3v) is 6.09. The third-order valence-electron chi connectivity index (χ3n) is 6.09. The van der Waals surface area contributed by atoms with Crippen LogP contribution >= 0.6 is 0 Å². The van der Waals surface area contributed by atoms with Crippen LogP contribution in [0.1, 0.15) is 24.0 Å². The monoisotopic (exact) mass is 414 g/mol. The standard InChI is InChI=1S/C24H23N5O2/c25-23(30)19-11-18(12-19)22-21-14-27-9-10-29(21,26)24(28-22)17-7-4-8-20(13-17)31-15-16-5-2-1-3-6-16/h1-10,13-14,18-19H,11-12,15,26H2,(H-,25,30)/p+1. The van der Waals surface area contributed by atoms with E-state index >= 15 is 0 Å². The van der Waals surface area contributed by atoms with Crippen LogP contribution in [0.2, 0.25) is 0 Å². The minimum Gasteiger partial charge on any atom is -0.489 e. The first-order valence-corrected chi connectivity index (χ1v) is 10.3. The van der Waals surface area contributed by atoms with Crippen LogP contribution in [0.5, 0.6) is 5.75 Å². The normalized spacial score (nSPS) is 26.3. The van der Waals surface area contributed by atoms with Crippen molar-refractivity contribution in [3.05, 3.63) is 89.5 Å². The molecule has 1 amide bonds. The molecule has 2 aliphatic heterocycles. The molecule has 1 unspecified atom stereocenters. The molecule has 7 heteroatoms. The molecule has 2 aromatic carbocycles. The number of hydrogen-bond acceptors (Lipinski definition) is 5. The predicted octanol–water partition coefficient (Wildman–Crippen LogP) is 3.00. The third kappa shape index (κ3) is 3.48. The molecule has 4 N–H and O–H groups in total. The second-order valence-corrected chi connectivity index (χ2v) is 8.13. The second kappa shape index (κ2) is 7.61. The van der Waals surface area contributed by atoms with Crippen LogP contribution in [-0.4, -0.2) is 22.5 Å². The molecule has 0 bridgehead atoms. The summed E-state index contributed by atoms with van der Waals surface area (Å²) in [6.45, 7) is 0.483. The predicted molar refractivity (Wildman–Crippen MR) is 118 cm³/mol. The maximum Gasteiger partial charge on any atom is 0.265 e. The Hall–Kier alpha value is -3.55. The molecular formula is C24H24N5O2+. The number of fused-ring (bicyclic) bond motifs is 1. The Kier molecular flexibility index (Phi) is 4.77. The van der Waals surface area contributed by atoms with Crippen molar-refractivity contribution in [2.24, 2.45) is 33.4 Å². The van der Waals surface area contributed by atoms with E-state index in [0.717, 1.165) is 28.3 Å². The van der Waals surface area contributed by atoms with Gasteiger partial charge in [0.05, 0.1) is 18.0 Å². The molecule has 1 atom stereocenters. The molecule has 0 saturated heterocycles. The van der Waals surface area contributed by atoms with Crippen LogP contribution in [0.3, 0.4) is 0 Å². The Morgan fingerprint density at radius 3 is 2.71 bits per heavy atom. The number of primary amides is 1. The Bertz CT molecular complexity index is 1150. The number of nitrogens with two attached hydrogens (primary N) is 2. The number of ether oxygens (including phenoxy) is 1. The lowest BCUT2D eigenvalue weighted by Gasteiger charge is -2.33. The van der Waals surface area contributed by atoms with E-state index in [1.807, 2.05) is 60.8 Å². The highest BCUT2D eigenvalue weighted by Crippen LogP contribution is 2.44. The Morgan fingerprint density at radius 2 is 1.94 bits per heavy atom. The topological polar surface area (TPSA) is 103 Å². The van der Waals surface area contributed by atoms with Crippen LogP contribution in [-0.2, 0) is 11.4 Å². The summed E-state index contributed by atoms with van der Waals surface area (Å²) in [5.74, 6) is 8.06. The fourth-order valence-electron chi connectivity index (χ4n) is 4.25. The van der Waals surface area contributed by atoms with Crippen LogP contribution < -0.4 is 16.3 Å². The van der Waals surface area contributed by atoms with Gasteiger partial charge in [-0.1, -0.05) is 36.4 Å². The van der Waals surface area contributed by atoms with Gasteiger partial charge in [0, 0.05) is 11.8 Å². The first kappa shape index (κ1) is 19.4. The first-order chi connectivity index (χ1) is 15.0. The van der Waals surface area contributed by atoms with E-state index in [-0.39, 0.29) is 22.3 Å². The number of carbonyl (C=O) groups excluding carboxylic acids is 1. The molecule has 156 valence electrons. The van der Waals surface area contributed by atoms with E-state index in [1.165, 1.54) is 0 Å². The summed E-state index contributed by atoms with van der Waals surface area (Å²) in [6, 6.07) is 17.8. The zero-order valence-corrected chi connectivity index (χ0v) is 17.0. The molecule has 0 aromatic heterocycles. The van der Waals surface area contributed by atoms with Gasteiger partial charge >= 0.3 is 0 Å². The highest BCUT2D eigenvalue weighted by molar-refractivity contribution is 6.00. The number of amidine groups is 1. The molecule has 7 nitrogen and oxygen atoms in total. The maximum atomic E-state index is 11.5. The lowest BCUT2D eigenvalue weighted by Crippen LogP contribution is -2.53. The lowest BCUT2D eigenvalue weighted by atomic mass is 9.72. The van der Waals surface area contributed by atoms with Crippen molar-refractivity contribution in [3.63, 3.8) is 0 Å². The average molecular weight is 414 g/mol. The summed E-state index contributed by atoms with van der Waals surface area (Å²) in [4.78, 5) is 20.7. The summed E-state index contributed by atoms with van der Waals surface area (Å²) in [7, 11) is 0. The first-order valence-electron chi connectivity index (χ1n) is 10.3. The number of carbonyl (C=O) groups is 1.